The molecule has 1 aliphatic rings. The first-order valence-electron chi connectivity index (χ1n) is 9.21. The number of carbonyl (C=O) groups excluding carboxylic acids is 1. The zero-order valence-corrected chi connectivity index (χ0v) is 16.1. The van der Waals surface area contributed by atoms with Crippen molar-refractivity contribution >= 4 is 5.91 Å². The van der Waals surface area contributed by atoms with Crippen LogP contribution in [-0.4, -0.2) is 65.0 Å². The number of nitrogens with one attached hydrogen (secondary N) is 1. The van der Waals surface area contributed by atoms with Gasteiger partial charge in [-0.05, 0) is 45.0 Å². The maximum atomic E-state index is 12.5. The minimum Gasteiger partial charge on any atom is -0.493 e. The summed E-state index contributed by atoms with van der Waals surface area (Å²) in [6, 6.07) is 5.22. The molecule has 1 fully saturated rings. The molecule has 1 atom stereocenters. The summed E-state index contributed by atoms with van der Waals surface area (Å²) in [4.78, 5) is 18.7. The molecule has 1 N–H and O–H groups in total. The number of aromatic nitrogens is 3. The molecule has 0 bridgehead atoms. The van der Waals surface area contributed by atoms with Crippen molar-refractivity contribution in [1.29, 1.82) is 0 Å². The number of nitrogens with zero attached hydrogens (tertiary/aromatic N) is 4. The predicted molar refractivity (Wildman–Crippen MR) is 101 cm³/mol. The van der Waals surface area contributed by atoms with Gasteiger partial charge in [-0.2, -0.15) is 5.10 Å². The van der Waals surface area contributed by atoms with Crippen LogP contribution in [0.15, 0.2) is 30.9 Å². The standard InChI is InChI=1S/C19H27N5O3/c1-14(11-24-13-20-12-21-24)22-19(25)15-4-5-17(18(10-15)26-3)27-16-6-8-23(2)9-7-16/h4-5,10,12-14,16H,6-9,11H2,1-3H3,(H,22,25)/t14-/m0/s1. The quantitative estimate of drug-likeness (QED) is 0.794. The van der Waals surface area contributed by atoms with E-state index >= 15 is 0 Å². The third kappa shape index (κ3) is 5.19. The van der Waals surface area contributed by atoms with E-state index in [1.807, 2.05) is 13.0 Å². The predicted octanol–water partition coefficient (Wildman–Crippen LogP) is 1.58. The first kappa shape index (κ1) is 19.2. The van der Waals surface area contributed by atoms with Gasteiger partial charge in [-0.1, -0.05) is 0 Å². The van der Waals surface area contributed by atoms with E-state index in [1.54, 1.807) is 30.3 Å². The van der Waals surface area contributed by atoms with Crippen LogP contribution in [0.5, 0.6) is 11.5 Å². The molecular weight excluding hydrogens is 346 g/mol. The average Bonchev–Trinajstić information content (AvgIpc) is 3.16. The molecule has 1 aromatic heterocycles. The minimum atomic E-state index is -0.160. The number of piperidine rings is 1. The van der Waals surface area contributed by atoms with Gasteiger partial charge in [0.05, 0.1) is 13.7 Å². The highest BCUT2D eigenvalue weighted by Crippen LogP contribution is 2.30. The van der Waals surface area contributed by atoms with Gasteiger partial charge >= 0.3 is 0 Å². The van der Waals surface area contributed by atoms with Gasteiger partial charge in [0.1, 0.15) is 18.8 Å². The molecule has 0 unspecified atom stereocenters. The smallest absolute Gasteiger partial charge is 0.251 e. The van der Waals surface area contributed by atoms with Crippen LogP contribution >= 0.6 is 0 Å². The van der Waals surface area contributed by atoms with Gasteiger partial charge in [-0.15, -0.1) is 0 Å². The lowest BCUT2D eigenvalue weighted by Gasteiger charge is -2.29. The third-order valence-electron chi connectivity index (χ3n) is 4.69. The first-order chi connectivity index (χ1) is 13.0. The van der Waals surface area contributed by atoms with Crippen molar-refractivity contribution in [3.8, 4) is 11.5 Å². The Morgan fingerprint density at radius 2 is 2.11 bits per heavy atom. The highest BCUT2D eigenvalue weighted by molar-refractivity contribution is 5.95. The summed E-state index contributed by atoms with van der Waals surface area (Å²) in [6.45, 7) is 4.53. The van der Waals surface area contributed by atoms with E-state index in [0.29, 0.717) is 23.6 Å². The second-order valence-corrected chi connectivity index (χ2v) is 6.98. The fourth-order valence-electron chi connectivity index (χ4n) is 3.15. The van der Waals surface area contributed by atoms with Gasteiger partial charge < -0.3 is 19.7 Å². The average molecular weight is 373 g/mol. The van der Waals surface area contributed by atoms with E-state index in [2.05, 4.69) is 27.3 Å². The van der Waals surface area contributed by atoms with Crippen molar-refractivity contribution in [2.45, 2.75) is 38.5 Å². The molecule has 0 radical (unpaired) electrons. The molecular formula is C19H27N5O3. The molecule has 2 heterocycles. The number of ether oxygens (including phenoxy) is 2. The number of methoxy groups -OCH3 is 1. The molecule has 1 saturated heterocycles. The number of benzene rings is 1. The van der Waals surface area contributed by atoms with Gasteiger partial charge in [-0.25, -0.2) is 4.98 Å². The maximum absolute atomic E-state index is 12.5. The Morgan fingerprint density at radius 1 is 1.33 bits per heavy atom. The third-order valence-corrected chi connectivity index (χ3v) is 4.69. The number of rotatable bonds is 7. The molecule has 8 heteroatoms. The van der Waals surface area contributed by atoms with Gasteiger partial charge in [0, 0.05) is 24.7 Å². The Bertz CT molecular complexity index is 742. The molecule has 8 nitrogen and oxygen atoms in total. The lowest BCUT2D eigenvalue weighted by Crippen LogP contribution is -2.36. The van der Waals surface area contributed by atoms with E-state index in [9.17, 15) is 4.79 Å². The van der Waals surface area contributed by atoms with Gasteiger partial charge in [-0.3, -0.25) is 9.48 Å². The van der Waals surface area contributed by atoms with Crippen molar-refractivity contribution < 1.29 is 14.3 Å². The normalized spacial score (nSPS) is 16.7. The second-order valence-electron chi connectivity index (χ2n) is 6.98. The SMILES string of the molecule is COc1cc(C(=O)N[C@@H](C)Cn2cncn2)ccc1OC1CCN(C)CC1. The number of hydrogen-bond acceptors (Lipinski definition) is 6. The van der Waals surface area contributed by atoms with Gasteiger partial charge in [0.2, 0.25) is 0 Å². The Morgan fingerprint density at radius 3 is 2.78 bits per heavy atom. The monoisotopic (exact) mass is 373 g/mol. The van der Waals surface area contributed by atoms with E-state index in [4.69, 9.17) is 9.47 Å². The Balaban J connectivity index is 1.61. The molecule has 0 saturated carbocycles. The van der Waals surface area contributed by atoms with Gasteiger partial charge in [0.25, 0.3) is 5.91 Å². The van der Waals surface area contributed by atoms with Crippen LogP contribution in [0, 0.1) is 0 Å². The number of likely N-dealkylation sites (tertiary alicyclic amines) is 1. The molecule has 2 aromatic rings. The fraction of sp³-hybridized carbons (Fsp3) is 0.526. The van der Waals surface area contributed by atoms with Crippen LogP contribution in [0.4, 0.5) is 0 Å². The lowest BCUT2D eigenvalue weighted by molar-refractivity contribution is 0.0935. The van der Waals surface area contributed by atoms with E-state index in [-0.39, 0.29) is 18.1 Å². The summed E-state index contributed by atoms with van der Waals surface area (Å²) >= 11 is 0. The first-order valence-corrected chi connectivity index (χ1v) is 9.21. The Labute approximate surface area is 159 Å². The highest BCUT2D eigenvalue weighted by Gasteiger charge is 2.20. The maximum Gasteiger partial charge on any atom is 0.251 e. The van der Waals surface area contributed by atoms with E-state index in [0.717, 1.165) is 25.9 Å². The van der Waals surface area contributed by atoms with Crippen LogP contribution in [0.25, 0.3) is 0 Å². The molecule has 1 amide bonds. The Kier molecular flexibility index (Phi) is 6.28. The van der Waals surface area contributed by atoms with Crippen molar-refractivity contribution in [2.75, 3.05) is 27.2 Å². The number of amides is 1. The minimum absolute atomic E-state index is 0.0830. The van der Waals surface area contributed by atoms with E-state index in [1.165, 1.54) is 6.33 Å². The van der Waals surface area contributed by atoms with Crippen LogP contribution in [-0.2, 0) is 6.54 Å². The van der Waals surface area contributed by atoms with Crippen LogP contribution in [0.3, 0.4) is 0 Å². The van der Waals surface area contributed by atoms with Crippen LogP contribution < -0.4 is 14.8 Å². The molecule has 0 aliphatic carbocycles. The molecule has 27 heavy (non-hydrogen) atoms. The van der Waals surface area contributed by atoms with Crippen molar-refractivity contribution in [3.63, 3.8) is 0 Å². The number of hydrogen-bond donors (Lipinski definition) is 1. The molecule has 3 rings (SSSR count). The second kappa shape index (κ2) is 8.85. The lowest BCUT2D eigenvalue weighted by atomic mass is 10.1. The zero-order chi connectivity index (χ0) is 19.2. The summed E-state index contributed by atoms with van der Waals surface area (Å²) in [5, 5.41) is 7.01. The summed E-state index contributed by atoms with van der Waals surface area (Å²) in [5.74, 6) is 1.09. The summed E-state index contributed by atoms with van der Waals surface area (Å²) in [7, 11) is 3.71. The summed E-state index contributed by atoms with van der Waals surface area (Å²) < 4.78 is 13.2. The Hall–Kier alpha value is -2.61. The molecule has 0 spiro atoms. The largest absolute Gasteiger partial charge is 0.493 e. The summed E-state index contributed by atoms with van der Waals surface area (Å²) in [6.07, 6.45) is 5.25. The van der Waals surface area contributed by atoms with Crippen molar-refractivity contribution in [1.82, 2.24) is 25.0 Å². The zero-order valence-electron chi connectivity index (χ0n) is 16.1. The van der Waals surface area contributed by atoms with Crippen molar-refractivity contribution in [2.24, 2.45) is 0 Å². The molecule has 1 aromatic carbocycles. The van der Waals surface area contributed by atoms with E-state index < -0.39 is 0 Å². The topological polar surface area (TPSA) is 81.5 Å². The van der Waals surface area contributed by atoms with Gasteiger partial charge in [0.15, 0.2) is 11.5 Å². The number of carbonyl (C=O) groups is 1. The fourth-order valence-corrected chi connectivity index (χ4v) is 3.15. The van der Waals surface area contributed by atoms with Crippen LogP contribution in [0.1, 0.15) is 30.1 Å². The van der Waals surface area contributed by atoms with Crippen molar-refractivity contribution in [3.05, 3.63) is 36.4 Å². The highest BCUT2D eigenvalue weighted by atomic mass is 16.5. The summed E-state index contributed by atoms with van der Waals surface area (Å²) in [5.41, 5.74) is 0.535. The molecule has 1 aliphatic heterocycles. The van der Waals surface area contributed by atoms with Crippen LogP contribution in [0.2, 0.25) is 0 Å². The molecule has 146 valence electrons.